The van der Waals surface area contributed by atoms with Gasteiger partial charge in [-0.05, 0) is 6.08 Å². The molecular weight excluding hydrogens is 100 g/mol. The van der Waals surface area contributed by atoms with E-state index in [-0.39, 0.29) is 0 Å². The molecule has 0 aliphatic rings. The molecule has 0 amide bonds. The first-order valence-electron chi connectivity index (χ1n) is 2.13. The minimum absolute atomic E-state index is 0.639. The van der Waals surface area contributed by atoms with Crippen molar-refractivity contribution >= 4 is 6.29 Å². The van der Waals surface area contributed by atoms with Gasteiger partial charge in [0, 0.05) is 0 Å². The Morgan fingerprint density at radius 3 is 1.12 bits per heavy atom. The van der Waals surface area contributed by atoms with Gasteiger partial charge in [0.05, 0.1) is 0 Å². The molecule has 0 aliphatic carbocycles. The van der Waals surface area contributed by atoms with Crippen LogP contribution in [0.4, 0.5) is 0 Å². The van der Waals surface area contributed by atoms with Gasteiger partial charge in [-0.1, -0.05) is 31.9 Å². The lowest BCUT2D eigenvalue weighted by molar-refractivity contribution is -0.104. The van der Waals surface area contributed by atoms with Crippen LogP contribution >= 0.6 is 0 Å². The van der Waals surface area contributed by atoms with Crippen LogP contribution in [0, 0.1) is 0 Å². The lowest BCUT2D eigenvalue weighted by Crippen LogP contribution is -1.44. The van der Waals surface area contributed by atoms with Crippen molar-refractivity contribution in [3.05, 3.63) is 38.0 Å². The van der Waals surface area contributed by atoms with Crippen molar-refractivity contribution in [3.8, 4) is 0 Å². The van der Waals surface area contributed by atoms with E-state index in [1.165, 1.54) is 6.08 Å². The lowest BCUT2D eigenvalue weighted by Gasteiger charge is -1.44. The van der Waals surface area contributed by atoms with Crippen LogP contribution in [-0.4, -0.2) is 6.29 Å². The van der Waals surface area contributed by atoms with Crippen LogP contribution in [0.2, 0.25) is 0 Å². The monoisotopic (exact) mass is 110 g/mol. The standard InChI is InChI=1S/C4H6.C3H4O/c1-3-4-2;1-2-3-4/h3-4H,1-2H2;2-3H,1H2. The van der Waals surface area contributed by atoms with Gasteiger partial charge in [-0.15, -0.1) is 0 Å². The summed E-state index contributed by atoms with van der Waals surface area (Å²) in [6, 6.07) is 0. The number of hydrogen-bond donors (Lipinski definition) is 0. The third-order valence-corrected chi connectivity index (χ3v) is 0.263. The molecule has 0 bridgehead atoms. The maximum absolute atomic E-state index is 9.06. The lowest BCUT2D eigenvalue weighted by atomic mass is 10.6. The number of carbonyl (C=O) groups is 1. The van der Waals surface area contributed by atoms with Crippen LogP contribution in [0.15, 0.2) is 38.0 Å². The second-order valence-corrected chi connectivity index (χ2v) is 0.843. The van der Waals surface area contributed by atoms with Gasteiger partial charge in [0.25, 0.3) is 0 Å². The van der Waals surface area contributed by atoms with Crippen molar-refractivity contribution in [2.45, 2.75) is 0 Å². The number of carbonyl (C=O) groups excluding carboxylic acids is 1. The minimum atomic E-state index is 0.639. The van der Waals surface area contributed by atoms with Gasteiger partial charge in [-0.25, -0.2) is 0 Å². The van der Waals surface area contributed by atoms with Gasteiger partial charge in [0.15, 0.2) is 0 Å². The van der Waals surface area contributed by atoms with E-state index in [0.29, 0.717) is 6.29 Å². The fourth-order valence-corrected chi connectivity index (χ4v) is 0. The number of hydrogen-bond acceptors (Lipinski definition) is 1. The first-order chi connectivity index (χ1) is 3.83. The molecule has 0 N–H and O–H groups in total. The van der Waals surface area contributed by atoms with Crippen molar-refractivity contribution in [1.29, 1.82) is 0 Å². The Hall–Kier alpha value is -1.11. The zero-order chi connectivity index (χ0) is 6.83. The Morgan fingerprint density at radius 2 is 1.12 bits per heavy atom. The van der Waals surface area contributed by atoms with E-state index >= 15 is 0 Å². The van der Waals surface area contributed by atoms with E-state index in [1.54, 1.807) is 12.2 Å². The van der Waals surface area contributed by atoms with Gasteiger partial charge < -0.3 is 0 Å². The zero-order valence-corrected chi connectivity index (χ0v) is 4.84. The molecule has 0 spiro atoms. The normalized spacial score (nSPS) is 5.00. The van der Waals surface area contributed by atoms with Crippen molar-refractivity contribution in [3.63, 3.8) is 0 Å². The van der Waals surface area contributed by atoms with Gasteiger partial charge in [0.2, 0.25) is 0 Å². The Labute approximate surface area is 50.0 Å². The number of aldehydes is 1. The Morgan fingerprint density at radius 1 is 0.875 bits per heavy atom. The van der Waals surface area contributed by atoms with Gasteiger partial charge in [-0.2, -0.15) is 0 Å². The molecular formula is C7H10O. The summed E-state index contributed by atoms with van der Waals surface area (Å²) in [4.78, 5) is 9.06. The average Bonchev–Trinajstić information content (AvgIpc) is 1.88. The molecule has 0 radical (unpaired) electrons. The van der Waals surface area contributed by atoms with Crippen molar-refractivity contribution in [2.75, 3.05) is 0 Å². The zero-order valence-electron chi connectivity index (χ0n) is 4.84. The molecule has 0 atom stereocenters. The molecule has 0 saturated heterocycles. The van der Waals surface area contributed by atoms with Gasteiger partial charge in [0.1, 0.15) is 6.29 Å². The summed E-state index contributed by atoms with van der Waals surface area (Å²) in [5.74, 6) is 0. The molecule has 0 aliphatic heterocycles. The minimum Gasteiger partial charge on any atom is -0.299 e. The average molecular weight is 110 g/mol. The Bertz CT molecular complexity index is 58.4. The van der Waals surface area contributed by atoms with E-state index in [0.717, 1.165) is 0 Å². The van der Waals surface area contributed by atoms with Crippen LogP contribution in [0.25, 0.3) is 0 Å². The largest absolute Gasteiger partial charge is 0.299 e. The summed E-state index contributed by atoms with van der Waals surface area (Å²) < 4.78 is 0. The molecule has 0 aromatic heterocycles. The van der Waals surface area contributed by atoms with Crippen molar-refractivity contribution in [2.24, 2.45) is 0 Å². The molecule has 0 heterocycles. The molecule has 0 aromatic carbocycles. The Kier molecular flexibility index (Phi) is 21.1. The molecule has 44 valence electrons. The van der Waals surface area contributed by atoms with E-state index < -0.39 is 0 Å². The quantitative estimate of drug-likeness (QED) is 0.300. The smallest absolute Gasteiger partial charge is 0.142 e. The highest BCUT2D eigenvalue weighted by atomic mass is 16.1. The molecule has 0 saturated carbocycles. The van der Waals surface area contributed by atoms with Gasteiger partial charge >= 0.3 is 0 Å². The molecule has 1 nitrogen and oxygen atoms in total. The van der Waals surface area contributed by atoms with E-state index in [4.69, 9.17) is 4.79 Å². The maximum Gasteiger partial charge on any atom is 0.142 e. The van der Waals surface area contributed by atoms with Crippen LogP contribution in [0.5, 0.6) is 0 Å². The predicted molar refractivity (Wildman–Crippen MR) is 36.7 cm³/mol. The van der Waals surface area contributed by atoms with Crippen LogP contribution < -0.4 is 0 Å². The number of allylic oxidation sites excluding steroid dienone is 3. The summed E-state index contributed by atoms with van der Waals surface area (Å²) in [5.41, 5.74) is 0. The molecule has 0 aromatic rings. The topological polar surface area (TPSA) is 17.1 Å². The highest BCUT2D eigenvalue weighted by Gasteiger charge is 1.38. The summed E-state index contributed by atoms with van der Waals surface area (Å²) >= 11 is 0. The highest BCUT2D eigenvalue weighted by molar-refractivity contribution is 5.63. The van der Waals surface area contributed by atoms with Crippen LogP contribution in [-0.2, 0) is 4.79 Å². The maximum atomic E-state index is 9.06. The SMILES string of the molecule is C=CC=C.C=CC=O. The summed E-state index contributed by atoms with van der Waals surface area (Å²) in [7, 11) is 0. The van der Waals surface area contributed by atoms with Crippen molar-refractivity contribution in [1.82, 2.24) is 0 Å². The molecule has 0 unspecified atom stereocenters. The van der Waals surface area contributed by atoms with E-state index in [2.05, 4.69) is 19.7 Å². The van der Waals surface area contributed by atoms with Crippen LogP contribution in [0.1, 0.15) is 0 Å². The molecule has 8 heavy (non-hydrogen) atoms. The first kappa shape index (κ1) is 10.00. The fraction of sp³-hybridized carbons (Fsp3) is 0. The predicted octanol–water partition coefficient (Wildman–Crippen LogP) is 1.73. The third kappa shape index (κ3) is 93.4. The van der Waals surface area contributed by atoms with E-state index in [1.807, 2.05) is 0 Å². The van der Waals surface area contributed by atoms with E-state index in [9.17, 15) is 0 Å². The number of rotatable bonds is 2. The fourth-order valence-electron chi connectivity index (χ4n) is 0. The second-order valence-electron chi connectivity index (χ2n) is 0.843. The highest BCUT2D eigenvalue weighted by Crippen LogP contribution is 1.52. The molecule has 0 rings (SSSR count). The van der Waals surface area contributed by atoms with Crippen LogP contribution in [0.3, 0.4) is 0 Å². The third-order valence-electron chi connectivity index (χ3n) is 0.263. The summed E-state index contributed by atoms with van der Waals surface area (Å²) in [5, 5.41) is 0. The summed E-state index contributed by atoms with van der Waals surface area (Å²) in [6.07, 6.45) is 5.11. The van der Waals surface area contributed by atoms with Gasteiger partial charge in [-0.3, -0.25) is 4.79 Å². The molecule has 1 heteroatoms. The first-order valence-corrected chi connectivity index (χ1v) is 2.13. The van der Waals surface area contributed by atoms with Crippen molar-refractivity contribution < 1.29 is 4.79 Å². The molecule has 0 fully saturated rings. The summed E-state index contributed by atoms with van der Waals surface area (Å²) in [6.45, 7) is 9.83. The second kappa shape index (κ2) is 16.9. The Balaban J connectivity index is 0.